The topological polar surface area (TPSA) is 58.0 Å². The lowest BCUT2D eigenvalue weighted by molar-refractivity contribution is 0.375. The van der Waals surface area contributed by atoms with Crippen molar-refractivity contribution in [1.82, 2.24) is 10.3 Å². The maximum atomic E-state index is 7.15. The van der Waals surface area contributed by atoms with Gasteiger partial charge in [-0.2, -0.15) is 0 Å². The summed E-state index contributed by atoms with van der Waals surface area (Å²) < 4.78 is 4.62. The lowest BCUT2D eigenvalue weighted by Crippen LogP contribution is -2.23. The Hall–Kier alpha value is -1.29. The van der Waals surface area contributed by atoms with Crippen molar-refractivity contribution >= 4 is 17.6 Å². The summed E-state index contributed by atoms with van der Waals surface area (Å²) in [4.78, 5) is 3.90. The van der Waals surface area contributed by atoms with Gasteiger partial charge >= 0.3 is 0 Å². The van der Waals surface area contributed by atoms with Gasteiger partial charge in [-0.3, -0.25) is 5.41 Å². The molecule has 1 aromatic rings. The number of aromatic nitrogens is 1. The molecule has 13 heavy (non-hydrogen) atoms. The second-order valence-corrected chi connectivity index (χ2v) is 2.76. The number of rotatable bonds is 2. The summed E-state index contributed by atoms with van der Waals surface area (Å²) in [5.41, 5.74) is 0.950. The minimum Gasteiger partial charge on any atom is -0.469 e. The highest BCUT2D eigenvalue weighted by Crippen LogP contribution is 2.04. The quantitative estimate of drug-likeness (QED) is 0.430. The zero-order valence-electron chi connectivity index (χ0n) is 7.17. The van der Waals surface area contributed by atoms with Crippen LogP contribution in [0.15, 0.2) is 18.3 Å². The molecule has 0 spiro atoms. The maximum Gasteiger partial charge on any atom is 0.281 e. The van der Waals surface area contributed by atoms with Crippen LogP contribution in [0.3, 0.4) is 0 Å². The lowest BCUT2D eigenvalue weighted by atomic mass is 10.3. The van der Waals surface area contributed by atoms with Gasteiger partial charge in [-0.25, -0.2) is 4.98 Å². The van der Waals surface area contributed by atoms with Gasteiger partial charge in [0.2, 0.25) is 0 Å². The number of nitrogens with one attached hydrogen (secondary N) is 2. The molecule has 0 aromatic carbocycles. The molecular formula is C8H10ClN3O. The molecule has 70 valence electrons. The average Bonchev–Trinajstić information content (AvgIpc) is 2.16. The van der Waals surface area contributed by atoms with Gasteiger partial charge in [0.15, 0.2) is 0 Å². The van der Waals surface area contributed by atoms with Crippen molar-refractivity contribution in [1.29, 1.82) is 5.41 Å². The van der Waals surface area contributed by atoms with Crippen LogP contribution in [0.2, 0.25) is 5.15 Å². The average molecular weight is 200 g/mol. The zero-order valence-corrected chi connectivity index (χ0v) is 7.93. The fourth-order valence-electron chi connectivity index (χ4n) is 0.766. The second kappa shape index (κ2) is 4.67. The van der Waals surface area contributed by atoms with Crippen molar-refractivity contribution in [3.05, 3.63) is 29.0 Å². The molecular weight excluding hydrogens is 190 g/mol. The summed E-state index contributed by atoms with van der Waals surface area (Å²) in [5.74, 6) is 0. The Morgan fingerprint density at radius 1 is 1.69 bits per heavy atom. The number of nitrogens with zero attached hydrogens (tertiary/aromatic N) is 1. The Kier molecular flexibility index (Phi) is 3.52. The van der Waals surface area contributed by atoms with Crippen molar-refractivity contribution in [3.8, 4) is 0 Å². The molecule has 0 aliphatic rings. The highest BCUT2D eigenvalue weighted by molar-refractivity contribution is 6.29. The highest BCUT2D eigenvalue weighted by Gasteiger charge is 1.95. The molecule has 0 saturated carbocycles. The van der Waals surface area contributed by atoms with Gasteiger partial charge in [0.1, 0.15) is 5.15 Å². The van der Waals surface area contributed by atoms with Gasteiger partial charge in [-0.15, -0.1) is 0 Å². The van der Waals surface area contributed by atoms with Crippen LogP contribution in [0.25, 0.3) is 0 Å². The van der Waals surface area contributed by atoms with E-state index >= 15 is 0 Å². The number of pyridine rings is 1. The minimum absolute atomic E-state index is 0.0370. The third kappa shape index (κ3) is 3.29. The van der Waals surface area contributed by atoms with Gasteiger partial charge in [-0.1, -0.05) is 17.7 Å². The van der Waals surface area contributed by atoms with Crippen LogP contribution in [-0.2, 0) is 11.3 Å². The Bertz CT molecular complexity index is 286. The number of halogens is 1. The minimum atomic E-state index is 0.0370. The smallest absolute Gasteiger partial charge is 0.281 e. The fraction of sp³-hybridized carbons (Fsp3) is 0.250. The van der Waals surface area contributed by atoms with E-state index in [1.165, 1.54) is 7.11 Å². The van der Waals surface area contributed by atoms with Crippen molar-refractivity contribution < 1.29 is 4.74 Å². The normalized spacial score (nSPS) is 9.38. The molecule has 0 radical (unpaired) electrons. The summed E-state index contributed by atoms with van der Waals surface area (Å²) in [7, 11) is 1.44. The maximum absolute atomic E-state index is 7.15. The first-order valence-electron chi connectivity index (χ1n) is 3.69. The van der Waals surface area contributed by atoms with Gasteiger partial charge in [-0.05, 0) is 11.6 Å². The van der Waals surface area contributed by atoms with Crippen LogP contribution in [0.5, 0.6) is 0 Å². The summed E-state index contributed by atoms with van der Waals surface area (Å²) in [6.07, 6.45) is 1.65. The first-order valence-corrected chi connectivity index (χ1v) is 4.07. The first-order chi connectivity index (χ1) is 6.22. The van der Waals surface area contributed by atoms with E-state index in [0.29, 0.717) is 11.7 Å². The van der Waals surface area contributed by atoms with Crippen molar-refractivity contribution in [2.24, 2.45) is 0 Å². The molecule has 4 nitrogen and oxygen atoms in total. The van der Waals surface area contributed by atoms with Gasteiger partial charge < -0.3 is 10.1 Å². The lowest BCUT2D eigenvalue weighted by Gasteiger charge is -2.05. The van der Waals surface area contributed by atoms with Crippen LogP contribution < -0.4 is 5.32 Å². The molecule has 2 N–H and O–H groups in total. The van der Waals surface area contributed by atoms with Crippen molar-refractivity contribution in [3.63, 3.8) is 0 Å². The number of hydrogen-bond donors (Lipinski definition) is 2. The zero-order chi connectivity index (χ0) is 9.68. The van der Waals surface area contributed by atoms with E-state index in [4.69, 9.17) is 17.0 Å². The van der Waals surface area contributed by atoms with Gasteiger partial charge in [0.25, 0.3) is 6.02 Å². The number of amidine groups is 1. The van der Waals surface area contributed by atoms with Crippen molar-refractivity contribution in [2.45, 2.75) is 6.54 Å². The van der Waals surface area contributed by atoms with E-state index < -0.39 is 0 Å². The third-order valence-corrected chi connectivity index (χ3v) is 1.67. The number of methoxy groups -OCH3 is 1. The predicted molar refractivity (Wildman–Crippen MR) is 50.8 cm³/mol. The molecule has 0 atom stereocenters. The predicted octanol–water partition coefficient (Wildman–Crippen LogP) is 1.41. The monoisotopic (exact) mass is 199 g/mol. The molecule has 0 amide bonds. The molecule has 0 unspecified atom stereocenters. The molecule has 1 heterocycles. The summed E-state index contributed by atoms with van der Waals surface area (Å²) in [5, 5.41) is 10.4. The van der Waals surface area contributed by atoms with Crippen LogP contribution in [0.1, 0.15) is 5.56 Å². The van der Waals surface area contributed by atoms with E-state index in [1.54, 1.807) is 12.3 Å². The molecule has 0 bridgehead atoms. The molecule has 1 aromatic heterocycles. The molecule has 0 saturated heterocycles. The number of hydrogen-bond acceptors (Lipinski definition) is 3. The molecule has 0 aliphatic carbocycles. The van der Waals surface area contributed by atoms with Crippen molar-refractivity contribution in [2.75, 3.05) is 7.11 Å². The Morgan fingerprint density at radius 3 is 3.00 bits per heavy atom. The van der Waals surface area contributed by atoms with E-state index in [0.717, 1.165) is 5.56 Å². The van der Waals surface area contributed by atoms with Crippen LogP contribution in [-0.4, -0.2) is 18.1 Å². The van der Waals surface area contributed by atoms with E-state index in [2.05, 4.69) is 15.0 Å². The third-order valence-electron chi connectivity index (χ3n) is 1.45. The standard InChI is InChI=1S/C8H10ClN3O/c1-13-8(10)12-5-6-2-3-7(9)11-4-6/h2-4H,5H2,1H3,(H2,10,12). The fourth-order valence-corrected chi connectivity index (χ4v) is 0.877. The molecule has 1 rings (SSSR count). The number of ether oxygens (including phenoxy) is 1. The van der Waals surface area contributed by atoms with E-state index in [-0.39, 0.29) is 6.02 Å². The first kappa shape index (κ1) is 9.80. The van der Waals surface area contributed by atoms with Crippen LogP contribution in [0, 0.1) is 5.41 Å². The second-order valence-electron chi connectivity index (χ2n) is 2.38. The van der Waals surface area contributed by atoms with Gasteiger partial charge in [0.05, 0.1) is 7.11 Å². The van der Waals surface area contributed by atoms with Gasteiger partial charge in [0, 0.05) is 12.7 Å². The van der Waals surface area contributed by atoms with E-state index in [1.807, 2.05) is 6.07 Å². The SMILES string of the molecule is COC(=N)NCc1ccc(Cl)nc1. The van der Waals surface area contributed by atoms with Crippen LogP contribution in [0.4, 0.5) is 0 Å². The highest BCUT2D eigenvalue weighted by atomic mass is 35.5. The molecule has 0 aliphatic heterocycles. The summed E-state index contributed by atoms with van der Waals surface area (Å²) in [6, 6.07) is 3.58. The van der Waals surface area contributed by atoms with E-state index in [9.17, 15) is 0 Å². The molecule has 5 heteroatoms. The summed E-state index contributed by atoms with van der Waals surface area (Å²) >= 11 is 5.60. The van der Waals surface area contributed by atoms with Crippen LogP contribution >= 0.6 is 11.6 Å². The Labute approximate surface area is 81.4 Å². The Morgan fingerprint density at radius 2 is 2.46 bits per heavy atom. The molecule has 0 fully saturated rings. The summed E-state index contributed by atoms with van der Waals surface area (Å²) in [6.45, 7) is 0.511. The Balaban J connectivity index is 2.46. The largest absolute Gasteiger partial charge is 0.469 e.